The molecule has 0 aliphatic rings. The Kier molecular flexibility index (Phi) is 3.66. The predicted octanol–water partition coefficient (Wildman–Crippen LogP) is 3.43. The van der Waals surface area contributed by atoms with Gasteiger partial charge in [-0.1, -0.05) is 11.6 Å². The standard InChI is InChI=1S/C10H7ClF3NO/c1-16-9-4-6(2-3-15)8(11)5-7(9)10(12,13)14/h4-5H,2H2,1H3. The van der Waals surface area contributed by atoms with Gasteiger partial charge in [-0.05, 0) is 17.7 Å². The fourth-order valence-electron chi connectivity index (χ4n) is 1.21. The molecular weight excluding hydrogens is 243 g/mol. The van der Waals surface area contributed by atoms with E-state index in [1.165, 1.54) is 0 Å². The van der Waals surface area contributed by atoms with E-state index in [4.69, 9.17) is 16.9 Å². The molecule has 0 amide bonds. The van der Waals surface area contributed by atoms with Crippen molar-refractivity contribution in [3.05, 3.63) is 28.3 Å². The number of ether oxygens (including phenoxy) is 1. The van der Waals surface area contributed by atoms with E-state index in [2.05, 4.69) is 4.74 Å². The fourth-order valence-corrected chi connectivity index (χ4v) is 1.44. The number of alkyl halides is 3. The average molecular weight is 250 g/mol. The number of hydrogen-bond donors (Lipinski definition) is 0. The third-order valence-electron chi connectivity index (χ3n) is 1.94. The third kappa shape index (κ3) is 2.58. The van der Waals surface area contributed by atoms with E-state index in [9.17, 15) is 13.2 Å². The van der Waals surface area contributed by atoms with Crippen molar-refractivity contribution in [3.8, 4) is 11.8 Å². The van der Waals surface area contributed by atoms with Gasteiger partial charge in [0.2, 0.25) is 0 Å². The van der Waals surface area contributed by atoms with Crippen LogP contribution in [0.5, 0.6) is 5.75 Å². The lowest BCUT2D eigenvalue weighted by molar-refractivity contribution is -0.138. The molecule has 1 aromatic rings. The van der Waals surface area contributed by atoms with Crippen LogP contribution in [0.25, 0.3) is 0 Å². The van der Waals surface area contributed by atoms with E-state index < -0.39 is 11.7 Å². The van der Waals surface area contributed by atoms with Crippen molar-refractivity contribution in [3.63, 3.8) is 0 Å². The topological polar surface area (TPSA) is 33.0 Å². The Balaban J connectivity index is 3.33. The first-order valence-electron chi connectivity index (χ1n) is 4.20. The van der Waals surface area contributed by atoms with Crippen LogP contribution in [-0.2, 0) is 12.6 Å². The zero-order valence-electron chi connectivity index (χ0n) is 8.23. The zero-order valence-corrected chi connectivity index (χ0v) is 8.99. The second-order valence-electron chi connectivity index (χ2n) is 2.98. The van der Waals surface area contributed by atoms with Crippen LogP contribution in [0.4, 0.5) is 13.2 Å². The van der Waals surface area contributed by atoms with Crippen molar-refractivity contribution in [1.29, 1.82) is 5.26 Å². The van der Waals surface area contributed by atoms with Crippen molar-refractivity contribution in [2.45, 2.75) is 12.6 Å². The molecule has 0 spiro atoms. The van der Waals surface area contributed by atoms with Gasteiger partial charge in [0.1, 0.15) is 5.75 Å². The van der Waals surface area contributed by atoms with Gasteiger partial charge in [-0.25, -0.2) is 0 Å². The lowest BCUT2D eigenvalue weighted by Gasteiger charge is -2.13. The maximum atomic E-state index is 12.5. The molecule has 0 aromatic heterocycles. The summed E-state index contributed by atoms with van der Waals surface area (Å²) in [4.78, 5) is 0. The molecule has 0 fully saturated rings. The van der Waals surface area contributed by atoms with E-state index in [0.29, 0.717) is 5.56 Å². The molecule has 0 saturated carbocycles. The minimum absolute atomic E-state index is 0.0622. The number of methoxy groups -OCH3 is 1. The maximum Gasteiger partial charge on any atom is 0.420 e. The largest absolute Gasteiger partial charge is 0.496 e. The second kappa shape index (κ2) is 4.62. The summed E-state index contributed by atoms with van der Waals surface area (Å²) in [5.74, 6) is -0.331. The predicted molar refractivity (Wildman–Crippen MR) is 52.3 cm³/mol. The summed E-state index contributed by atoms with van der Waals surface area (Å²) in [5, 5.41) is 8.38. The first-order valence-corrected chi connectivity index (χ1v) is 4.58. The van der Waals surface area contributed by atoms with Crippen molar-refractivity contribution < 1.29 is 17.9 Å². The van der Waals surface area contributed by atoms with Crippen LogP contribution in [0.3, 0.4) is 0 Å². The first-order chi connectivity index (χ1) is 7.40. The van der Waals surface area contributed by atoms with E-state index >= 15 is 0 Å². The normalized spacial score (nSPS) is 11.0. The quantitative estimate of drug-likeness (QED) is 0.804. The van der Waals surface area contributed by atoms with Gasteiger partial charge in [-0.15, -0.1) is 0 Å². The molecule has 0 N–H and O–H groups in total. The highest BCUT2D eigenvalue weighted by Crippen LogP contribution is 2.39. The molecule has 1 rings (SSSR count). The summed E-state index contributed by atoms with van der Waals surface area (Å²) in [6.07, 6.45) is -4.59. The van der Waals surface area contributed by atoms with Crippen molar-refractivity contribution in [1.82, 2.24) is 0 Å². The number of rotatable bonds is 2. The van der Waals surface area contributed by atoms with Crippen LogP contribution in [0.2, 0.25) is 5.02 Å². The molecule has 0 aliphatic carbocycles. The van der Waals surface area contributed by atoms with Crippen LogP contribution < -0.4 is 4.74 Å². The molecule has 0 aliphatic heterocycles. The summed E-state index contributed by atoms with van der Waals surface area (Å²) in [6.45, 7) is 0. The number of nitriles is 1. The third-order valence-corrected chi connectivity index (χ3v) is 2.30. The molecule has 1 aromatic carbocycles. The smallest absolute Gasteiger partial charge is 0.420 e. The average Bonchev–Trinajstić information content (AvgIpc) is 2.19. The van der Waals surface area contributed by atoms with Crippen LogP contribution in [0.15, 0.2) is 12.1 Å². The van der Waals surface area contributed by atoms with E-state index in [1.807, 2.05) is 6.07 Å². The van der Waals surface area contributed by atoms with Gasteiger partial charge in [0.25, 0.3) is 0 Å². The Hall–Kier alpha value is -1.41. The van der Waals surface area contributed by atoms with Crippen molar-refractivity contribution >= 4 is 11.6 Å². The van der Waals surface area contributed by atoms with Crippen LogP contribution in [0.1, 0.15) is 11.1 Å². The van der Waals surface area contributed by atoms with Crippen LogP contribution in [-0.4, -0.2) is 7.11 Å². The second-order valence-corrected chi connectivity index (χ2v) is 3.38. The number of benzene rings is 1. The molecule has 2 nitrogen and oxygen atoms in total. The molecule has 86 valence electrons. The van der Waals surface area contributed by atoms with Gasteiger partial charge in [0.05, 0.1) is 25.2 Å². The Morgan fingerprint density at radius 2 is 2.06 bits per heavy atom. The fraction of sp³-hybridized carbons (Fsp3) is 0.300. The lowest BCUT2D eigenvalue weighted by atomic mass is 10.1. The van der Waals surface area contributed by atoms with Crippen LogP contribution >= 0.6 is 11.6 Å². The van der Waals surface area contributed by atoms with E-state index in [1.54, 1.807) is 0 Å². The Morgan fingerprint density at radius 3 is 2.50 bits per heavy atom. The summed E-state index contributed by atoms with van der Waals surface area (Å²) in [6, 6.07) is 3.72. The van der Waals surface area contributed by atoms with Crippen molar-refractivity contribution in [2.24, 2.45) is 0 Å². The molecular formula is C10H7ClF3NO. The van der Waals surface area contributed by atoms with Crippen molar-refractivity contribution in [2.75, 3.05) is 7.11 Å². The summed E-state index contributed by atoms with van der Waals surface area (Å²) >= 11 is 5.64. The Bertz CT molecular complexity index is 437. The van der Waals surface area contributed by atoms with Gasteiger partial charge in [0.15, 0.2) is 0 Å². The first kappa shape index (κ1) is 12.7. The maximum absolute atomic E-state index is 12.5. The highest BCUT2D eigenvalue weighted by molar-refractivity contribution is 6.31. The number of halogens is 4. The van der Waals surface area contributed by atoms with E-state index in [0.717, 1.165) is 19.2 Å². The monoisotopic (exact) mass is 249 g/mol. The van der Waals surface area contributed by atoms with Gasteiger partial charge in [-0.3, -0.25) is 0 Å². The highest BCUT2D eigenvalue weighted by atomic mass is 35.5. The molecule has 0 unspecified atom stereocenters. The minimum Gasteiger partial charge on any atom is -0.496 e. The Morgan fingerprint density at radius 1 is 1.44 bits per heavy atom. The molecule has 0 saturated heterocycles. The number of nitrogens with zero attached hydrogens (tertiary/aromatic N) is 1. The molecule has 0 radical (unpaired) electrons. The summed E-state index contributed by atoms with van der Waals surface area (Å²) in [5.41, 5.74) is -0.629. The SMILES string of the molecule is COc1cc(CC#N)c(Cl)cc1C(F)(F)F. The van der Waals surface area contributed by atoms with Gasteiger partial charge < -0.3 is 4.74 Å². The lowest BCUT2D eigenvalue weighted by Crippen LogP contribution is -2.08. The minimum atomic E-state index is -4.53. The zero-order chi connectivity index (χ0) is 12.3. The number of hydrogen-bond acceptors (Lipinski definition) is 2. The highest BCUT2D eigenvalue weighted by Gasteiger charge is 2.35. The van der Waals surface area contributed by atoms with Gasteiger partial charge in [-0.2, -0.15) is 18.4 Å². The molecule has 6 heteroatoms. The van der Waals surface area contributed by atoms with Crippen LogP contribution in [0, 0.1) is 11.3 Å². The molecule has 16 heavy (non-hydrogen) atoms. The van der Waals surface area contributed by atoms with Gasteiger partial charge in [0, 0.05) is 5.02 Å². The molecule has 0 bridgehead atoms. The Labute approximate surface area is 95.2 Å². The summed E-state index contributed by atoms with van der Waals surface area (Å²) in [7, 11) is 1.13. The summed E-state index contributed by atoms with van der Waals surface area (Å²) < 4.78 is 42.2. The van der Waals surface area contributed by atoms with E-state index in [-0.39, 0.29) is 17.2 Å². The van der Waals surface area contributed by atoms with Gasteiger partial charge >= 0.3 is 6.18 Å². The molecule has 0 heterocycles. The molecule has 0 atom stereocenters.